The molecule has 19 heavy (non-hydrogen) atoms. The number of likely N-dealkylation sites (tertiary alicyclic amines) is 1. The predicted molar refractivity (Wildman–Crippen MR) is 75.8 cm³/mol. The Bertz CT molecular complexity index is 441. The van der Waals surface area contributed by atoms with Gasteiger partial charge in [-0.25, -0.2) is 0 Å². The molecule has 2 atom stereocenters. The molecule has 1 aliphatic heterocycles. The number of nitrogens with zero attached hydrogens (tertiary/aromatic N) is 1. The minimum atomic E-state index is -0.543. The van der Waals surface area contributed by atoms with E-state index in [2.05, 4.69) is 6.92 Å². The van der Waals surface area contributed by atoms with Gasteiger partial charge >= 0.3 is 0 Å². The second-order valence-electron chi connectivity index (χ2n) is 6.01. The molecule has 104 valence electrons. The maximum Gasteiger partial charge on any atom is 0.232 e. The minimum Gasteiger partial charge on any atom is -0.394 e. The summed E-state index contributed by atoms with van der Waals surface area (Å²) in [6.45, 7) is 6.83. The van der Waals surface area contributed by atoms with Gasteiger partial charge < -0.3 is 10.0 Å². The Hall–Kier alpha value is -1.35. The molecule has 3 nitrogen and oxygen atoms in total. The highest BCUT2D eigenvalue weighted by atomic mass is 16.3. The van der Waals surface area contributed by atoms with Gasteiger partial charge in [-0.1, -0.05) is 37.3 Å². The van der Waals surface area contributed by atoms with Crippen molar-refractivity contribution in [1.82, 2.24) is 4.90 Å². The molecular formula is C16H23NO2. The van der Waals surface area contributed by atoms with Crippen LogP contribution in [-0.4, -0.2) is 35.1 Å². The number of hydrogen-bond acceptors (Lipinski definition) is 2. The van der Waals surface area contributed by atoms with E-state index < -0.39 is 5.41 Å². The molecule has 0 aromatic heterocycles. The Morgan fingerprint density at radius 3 is 2.58 bits per heavy atom. The van der Waals surface area contributed by atoms with Crippen molar-refractivity contribution in [2.75, 3.05) is 13.2 Å². The van der Waals surface area contributed by atoms with E-state index in [1.165, 1.54) is 0 Å². The highest BCUT2D eigenvalue weighted by Gasteiger charge is 2.41. The lowest BCUT2D eigenvalue weighted by molar-refractivity contribution is -0.138. The highest BCUT2D eigenvalue weighted by Crippen LogP contribution is 2.31. The van der Waals surface area contributed by atoms with Gasteiger partial charge in [0.25, 0.3) is 0 Å². The van der Waals surface area contributed by atoms with Gasteiger partial charge in [0.2, 0.25) is 5.91 Å². The second-order valence-corrected chi connectivity index (χ2v) is 6.01. The van der Waals surface area contributed by atoms with Crippen molar-refractivity contribution in [3.05, 3.63) is 35.9 Å². The Morgan fingerprint density at radius 1 is 1.37 bits per heavy atom. The average molecular weight is 261 g/mol. The molecule has 1 amide bonds. The second kappa shape index (κ2) is 5.33. The number of rotatable bonds is 3. The number of benzene rings is 1. The van der Waals surface area contributed by atoms with Gasteiger partial charge in [-0.3, -0.25) is 4.79 Å². The van der Waals surface area contributed by atoms with Gasteiger partial charge in [-0.2, -0.15) is 0 Å². The van der Waals surface area contributed by atoms with Crippen LogP contribution in [0.2, 0.25) is 0 Å². The first-order chi connectivity index (χ1) is 8.98. The number of aliphatic hydroxyl groups excluding tert-OH is 1. The zero-order chi connectivity index (χ0) is 14.0. The molecule has 1 saturated heterocycles. The summed E-state index contributed by atoms with van der Waals surface area (Å²) in [7, 11) is 0. The Balaban J connectivity index is 2.24. The van der Waals surface area contributed by atoms with Crippen LogP contribution in [0.5, 0.6) is 0 Å². The van der Waals surface area contributed by atoms with Crippen LogP contribution in [0.1, 0.15) is 32.8 Å². The average Bonchev–Trinajstić information content (AvgIpc) is 2.79. The van der Waals surface area contributed by atoms with Crippen molar-refractivity contribution >= 4 is 5.91 Å². The number of amides is 1. The van der Waals surface area contributed by atoms with Gasteiger partial charge in [-0.05, 0) is 31.7 Å². The molecule has 1 heterocycles. The SMILES string of the molecule is CC1CCN(C(=O)C(C)(C)c2ccccc2)C1CO. The van der Waals surface area contributed by atoms with Crippen LogP contribution in [0.3, 0.4) is 0 Å². The van der Waals surface area contributed by atoms with Crippen molar-refractivity contribution < 1.29 is 9.90 Å². The van der Waals surface area contributed by atoms with Gasteiger partial charge in [0, 0.05) is 6.54 Å². The van der Waals surface area contributed by atoms with Crippen LogP contribution in [0.4, 0.5) is 0 Å². The third kappa shape index (κ3) is 2.52. The van der Waals surface area contributed by atoms with E-state index in [9.17, 15) is 9.90 Å². The topological polar surface area (TPSA) is 40.5 Å². The van der Waals surface area contributed by atoms with E-state index in [1.54, 1.807) is 0 Å². The summed E-state index contributed by atoms with van der Waals surface area (Å²) in [4.78, 5) is 14.7. The quantitative estimate of drug-likeness (QED) is 0.906. The summed E-state index contributed by atoms with van der Waals surface area (Å²) in [6.07, 6.45) is 0.974. The fourth-order valence-electron chi connectivity index (χ4n) is 2.88. The molecule has 1 aliphatic rings. The molecule has 0 radical (unpaired) electrons. The first-order valence-corrected chi connectivity index (χ1v) is 6.96. The van der Waals surface area contributed by atoms with Crippen molar-refractivity contribution in [2.45, 2.75) is 38.6 Å². The molecule has 1 aromatic rings. The van der Waals surface area contributed by atoms with E-state index in [0.717, 1.165) is 18.5 Å². The number of hydrogen-bond donors (Lipinski definition) is 1. The standard InChI is InChI=1S/C16H23NO2/c1-12-9-10-17(14(12)11-18)15(19)16(2,3)13-7-5-4-6-8-13/h4-8,12,14,18H,9-11H2,1-3H3. The van der Waals surface area contributed by atoms with Crippen LogP contribution in [0.15, 0.2) is 30.3 Å². The fourth-order valence-corrected chi connectivity index (χ4v) is 2.88. The molecule has 2 unspecified atom stereocenters. The monoisotopic (exact) mass is 261 g/mol. The van der Waals surface area contributed by atoms with Gasteiger partial charge in [0.05, 0.1) is 18.1 Å². The molecule has 2 rings (SSSR count). The summed E-state index contributed by atoms with van der Waals surface area (Å²) in [5.74, 6) is 0.489. The molecule has 1 N–H and O–H groups in total. The molecule has 1 aromatic carbocycles. The zero-order valence-electron chi connectivity index (χ0n) is 12.0. The fraction of sp³-hybridized carbons (Fsp3) is 0.562. The lowest BCUT2D eigenvalue weighted by Crippen LogP contribution is -2.48. The predicted octanol–water partition coefficient (Wildman–Crippen LogP) is 2.19. The van der Waals surface area contributed by atoms with Crippen molar-refractivity contribution in [3.8, 4) is 0 Å². The lowest BCUT2D eigenvalue weighted by atomic mass is 9.83. The van der Waals surface area contributed by atoms with E-state index in [0.29, 0.717) is 5.92 Å². The zero-order valence-corrected chi connectivity index (χ0v) is 12.0. The summed E-state index contributed by atoms with van der Waals surface area (Å²) >= 11 is 0. The third-order valence-electron chi connectivity index (χ3n) is 4.36. The van der Waals surface area contributed by atoms with E-state index in [4.69, 9.17) is 0 Å². The van der Waals surface area contributed by atoms with Crippen molar-refractivity contribution in [3.63, 3.8) is 0 Å². The van der Waals surface area contributed by atoms with Gasteiger partial charge in [0.1, 0.15) is 0 Å². The summed E-state index contributed by atoms with van der Waals surface area (Å²) in [5, 5.41) is 9.50. The molecule has 1 fully saturated rings. The number of carbonyl (C=O) groups excluding carboxylic acids is 1. The molecule has 0 saturated carbocycles. The summed E-state index contributed by atoms with van der Waals surface area (Å²) in [6, 6.07) is 9.83. The Morgan fingerprint density at radius 2 is 2.00 bits per heavy atom. The summed E-state index contributed by atoms with van der Waals surface area (Å²) < 4.78 is 0. The van der Waals surface area contributed by atoms with Crippen LogP contribution >= 0.6 is 0 Å². The minimum absolute atomic E-state index is 0.0320. The highest BCUT2D eigenvalue weighted by molar-refractivity contribution is 5.87. The Kier molecular flexibility index (Phi) is 3.95. The molecule has 0 aliphatic carbocycles. The normalized spacial score (nSPS) is 23.7. The maximum atomic E-state index is 12.8. The molecular weight excluding hydrogens is 238 g/mol. The third-order valence-corrected chi connectivity index (χ3v) is 4.36. The Labute approximate surface area is 115 Å². The van der Waals surface area contributed by atoms with Crippen molar-refractivity contribution in [1.29, 1.82) is 0 Å². The largest absolute Gasteiger partial charge is 0.394 e. The van der Waals surface area contributed by atoms with Crippen LogP contribution in [0.25, 0.3) is 0 Å². The maximum absolute atomic E-state index is 12.8. The smallest absolute Gasteiger partial charge is 0.232 e. The molecule has 3 heteroatoms. The van der Waals surface area contributed by atoms with Gasteiger partial charge in [0.15, 0.2) is 0 Å². The number of carbonyl (C=O) groups is 1. The first kappa shape index (κ1) is 14.1. The van der Waals surface area contributed by atoms with Crippen LogP contribution in [-0.2, 0) is 10.2 Å². The summed E-state index contributed by atoms with van der Waals surface area (Å²) in [5.41, 5.74) is 0.481. The van der Waals surface area contributed by atoms with Gasteiger partial charge in [-0.15, -0.1) is 0 Å². The van der Waals surface area contributed by atoms with Crippen molar-refractivity contribution in [2.24, 2.45) is 5.92 Å². The molecule has 0 spiro atoms. The van der Waals surface area contributed by atoms with E-state index >= 15 is 0 Å². The molecule has 0 bridgehead atoms. The van der Waals surface area contributed by atoms with E-state index in [1.807, 2.05) is 49.1 Å². The van der Waals surface area contributed by atoms with Crippen LogP contribution < -0.4 is 0 Å². The lowest BCUT2D eigenvalue weighted by Gasteiger charge is -2.33. The van der Waals surface area contributed by atoms with E-state index in [-0.39, 0.29) is 18.6 Å². The number of aliphatic hydroxyl groups is 1. The van der Waals surface area contributed by atoms with Crippen LogP contribution in [0, 0.1) is 5.92 Å². The first-order valence-electron chi connectivity index (χ1n) is 6.96.